The van der Waals surface area contributed by atoms with Crippen molar-refractivity contribution >= 4 is 5.82 Å². The molecule has 1 aromatic heterocycles. The second-order valence-electron chi connectivity index (χ2n) is 7.47. The summed E-state index contributed by atoms with van der Waals surface area (Å²) in [5.41, 5.74) is 2.60. The van der Waals surface area contributed by atoms with Crippen LogP contribution in [-0.2, 0) is 6.54 Å². The fourth-order valence-electron chi connectivity index (χ4n) is 3.21. The Hall–Kier alpha value is -1.09. The molecule has 3 nitrogen and oxygen atoms in total. The van der Waals surface area contributed by atoms with E-state index < -0.39 is 0 Å². The van der Waals surface area contributed by atoms with Gasteiger partial charge < -0.3 is 10.2 Å². The summed E-state index contributed by atoms with van der Waals surface area (Å²) in [6.07, 6.45) is 3.78. The highest BCUT2D eigenvalue weighted by Gasteiger charge is 2.30. The van der Waals surface area contributed by atoms with E-state index in [-0.39, 0.29) is 5.54 Å². The summed E-state index contributed by atoms with van der Waals surface area (Å²) in [5.74, 6) is 1.16. The van der Waals surface area contributed by atoms with Gasteiger partial charge in [-0.15, -0.1) is 0 Å². The molecule has 3 heteroatoms. The van der Waals surface area contributed by atoms with Crippen LogP contribution >= 0.6 is 0 Å². The molecule has 21 heavy (non-hydrogen) atoms. The number of nitrogens with zero attached hydrogens (tertiary/aromatic N) is 2. The average Bonchev–Trinajstić information content (AvgIpc) is 2.76. The first-order chi connectivity index (χ1) is 9.80. The normalized spacial score (nSPS) is 22.9. The van der Waals surface area contributed by atoms with Gasteiger partial charge in [-0.2, -0.15) is 0 Å². The zero-order chi connectivity index (χ0) is 15.6. The van der Waals surface area contributed by atoms with Crippen LogP contribution in [0.3, 0.4) is 0 Å². The number of aromatic nitrogens is 1. The van der Waals surface area contributed by atoms with Gasteiger partial charge in [0.25, 0.3) is 0 Å². The molecule has 0 spiro atoms. The van der Waals surface area contributed by atoms with Crippen molar-refractivity contribution in [2.24, 2.45) is 0 Å². The van der Waals surface area contributed by atoms with Crippen LogP contribution in [0.2, 0.25) is 0 Å². The molecule has 2 unspecified atom stereocenters. The van der Waals surface area contributed by atoms with E-state index >= 15 is 0 Å². The summed E-state index contributed by atoms with van der Waals surface area (Å²) < 4.78 is 0. The largest absolute Gasteiger partial charge is 0.351 e. The van der Waals surface area contributed by atoms with Crippen LogP contribution in [-0.4, -0.2) is 22.6 Å². The maximum atomic E-state index is 4.81. The minimum atomic E-state index is 0.143. The van der Waals surface area contributed by atoms with E-state index in [1.807, 2.05) is 0 Å². The van der Waals surface area contributed by atoms with Gasteiger partial charge in [-0.05, 0) is 71.6 Å². The van der Waals surface area contributed by atoms with Crippen LogP contribution in [0.5, 0.6) is 0 Å². The minimum absolute atomic E-state index is 0.143. The van der Waals surface area contributed by atoms with Crippen molar-refractivity contribution < 1.29 is 0 Å². The molecule has 1 N–H and O–H groups in total. The number of nitrogens with one attached hydrogen (secondary N) is 1. The summed E-state index contributed by atoms with van der Waals surface area (Å²) in [6, 6.07) is 5.73. The first kappa shape index (κ1) is 16.3. The molecule has 2 heterocycles. The monoisotopic (exact) mass is 289 g/mol. The first-order valence-corrected chi connectivity index (χ1v) is 8.31. The van der Waals surface area contributed by atoms with Gasteiger partial charge in [0.05, 0.1) is 0 Å². The quantitative estimate of drug-likeness (QED) is 0.906. The Labute approximate surface area is 130 Å². The molecule has 0 radical (unpaired) electrons. The fraction of sp³-hybridized carbons (Fsp3) is 0.722. The van der Waals surface area contributed by atoms with E-state index in [9.17, 15) is 0 Å². The van der Waals surface area contributed by atoms with Crippen LogP contribution in [0, 0.1) is 6.92 Å². The fourth-order valence-corrected chi connectivity index (χ4v) is 3.21. The molecule has 2 rings (SSSR count). The van der Waals surface area contributed by atoms with Crippen molar-refractivity contribution in [3.8, 4) is 0 Å². The molecule has 1 saturated heterocycles. The van der Waals surface area contributed by atoms with Crippen molar-refractivity contribution in [3.05, 3.63) is 23.4 Å². The zero-order valence-electron chi connectivity index (χ0n) is 14.5. The molecule has 2 atom stereocenters. The third-order valence-electron chi connectivity index (χ3n) is 4.34. The molecular weight excluding hydrogens is 258 g/mol. The molecule has 0 aromatic carbocycles. The third kappa shape index (κ3) is 4.19. The molecule has 0 amide bonds. The summed E-state index contributed by atoms with van der Waals surface area (Å²) >= 11 is 0. The van der Waals surface area contributed by atoms with E-state index in [4.69, 9.17) is 4.98 Å². The third-order valence-corrected chi connectivity index (χ3v) is 4.34. The van der Waals surface area contributed by atoms with Gasteiger partial charge in [0, 0.05) is 29.9 Å². The van der Waals surface area contributed by atoms with Crippen molar-refractivity contribution in [1.82, 2.24) is 10.3 Å². The Bertz CT molecular complexity index is 476. The molecule has 1 aliphatic rings. The Morgan fingerprint density at radius 2 is 2.00 bits per heavy atom. The molecule has 1 aromatic rings. The van der Waals surface area contributed by atoms with Gasteiger partial charge in [-0.25, -0.2) is 4.98 Å². The SMILES string of the molecule is CCC1CCC(C)N1c1cc(CNC(C)(C)C)cc(C)n1. The molecule has 0 aliphatic carbocycles. The lowest BCUT2D eigenvalue weighted by molar-refractivity contribution is 0.424. The summed E-state index contributed by atoms with van der Waals surface area (Å²) in [5, 5.41) is 3.57. The van der Waals surface area contributed by atoms with Crippen molar-refractivity contribution in [1.29, 1.82) is 0 Å². The van der Waals surface area contributed by atoms with E-state index in [0.29, 0.717) is 12.1 Å². The van der Waals surface area contributed by atoms with E-state index in [1.165, 1.54) is 24.8 Å². The number of anilines is 1. The topological polar surface area (TPSA) is 28.2 Å². The van der Waals surface area contributed by atoms with Gasteiger partial charge in [-0.3, -0.25) is 0 Å². The second kappa shape index (κ2) is 6.35. The van der Waals surface area contributed by atoms with E-state index in [1.54, 1.807) is 0 Å². The lowest BCUT2D eigenvalue weighted by atomic mass is 10.1. The zero-order valence-corrected chi connectivity index (χ0v) is 14.5. The van der Waals surface area contributed by atoms with E-state index in [2.05, 4.69) is 63.9 Å². The molecule has 118 valence electrons. The van der Waals surface area contributed by atoms with Crippen molar-refractivity contribution in [2.75, 3.05) is 4.90 Å². The van der Waals surface area contributed by atoms with Gasteiger partial charge in [-0.1, -0.05) is 6.92 Å². The Morgan fingerprint density at radius 1 is 1.29 bits per heavy atom. The van der Waals surface area contributed by atoms with Crippen LogP contribution in [0.4, 0.5) is 5.82 Å². The molecule has 0 saturated carbocycles. The predicted octanol–water partition coefficient (Wildman–Crippen LogP) is 4.05. The lowest BCUT2D eigenvalue weighted by Crippen LogP contribution is -2.36. The highest BCUT2D eigenvalue weighted by molar-refractivity contribution is 5.46. The summed E-state index contributed by atoms with van der Waals surface area (Å²) in [6.45, 7) is 14.2. The Balaban J connectivity index is 2.22. The van der Waals surface area contributed by atoms with Crippen molar-refractivity contribution in [2.45, 2.75) is 85.0 Å². The van der Waals surface area contributed by atoms with Gasteiger partial charge in [0.15, 0.2) is 0 Å². The predicted molar refractivity (Wildman–Crippen MR) is 90.8 cm³/mol. The van der Waals surface area contributed by atoms with Crippen LogP contribution in [0.25, 0.3) is 0 Å². The number of hydrogen-bond acceptors (Lipinski definition) is 3. The number of hydrogen-bond donors (Lipinski definition) is 1. The lowest BCUT2D eigenvalue weighted by Gasteiger charge is -2.30. The number of aryl methyl sites for hydroxylation is 1. The Kier molecular flexibility index (Phi) is 4.92. The highest BCUT2D eigenvalue weighted by Crippen LogP contribution is 2.31. The standard InChI is InChI=1S/C18H31N3/c1-7-16-9-8-14(3)21(16)17-11-15(10-13(2)20-17)12-19-18(4,5)6/h10-11,14,16,19H,7-9,12H2,1-6H3. The first-order valence-electron chi connectivity index (χ1n) is 8.31. The van der Waals surface area contributed by atoms with Gasteiger partial charge in [0.2, 0.25) is 0 Å². The number of rotatable bonds is 4. The maximum Gasteiger partial charge on any atom is 0.129 e. The van der Waals surface area contributed by atoms with E-state index in [0.717, 1.165) is 18.1 Å². The summed E-state index contributed by atoms with van der Waals surface area (Å²) in [7, 11) is 0. The van der Waals surface area contributed by atoms with Crippen LogP contribution < -0.4 is 10.2 Å². The molecule has 0 bridgehead atoms. The summed E-state index contributed by atoms with van der Waals surface area (Å²) in [4.78, 5) is 7.34. The second-order valence-corrected chi connectivity index (χ2v) is 7.47. The highest BCUT2D eigenvalue weighted by atomic mass is 15.3. The molecule has 1 aliphatic heterocycles. The smallest absolute Gasteiger partial charge is 0.129 e. The maximum absolute atomic E-state index is 4.81. The van der Waals surface area contributed by atoms with Crippen molar-refractivity contribution in [3.63, 3.8) is 0 Å². The average molecular weight is 289 g/mol. The molecular formula is C18H31N3. The van der Waals surface area contributed by atoms with Crippen LogP contribution in [0.15, 0.2) is 12.1 Å². The Morgan fingerprint density at radius 3 is 2.62 bits per heavy atom. The van der Waals surface area contributed by atoms with Crippen LogP contribution in [0.1, 0.15) is 65.1 Å². The minimum Gasteiger partial charge on any atom is -0.351 e. The van der Waals surface area contributed by atoms with Gasteiger partial charge >= 0.3 is 0 Å². The number of pyridine rings is 1. The van der Waals surface area contributed by atoms with Gasteiger partial charge in [0.1, 0.15) is 5.82 Å². The molecule has 1 fully saturated rings.